The molecule has 0 radical (unpaired) electrons. The van der Waals surface area contributed by atoms with Crippen LogP contribution >= 0.6 is 0 Å². The number of aliphatic hydroxyl groups excluding tert-OH is 1. The molecule has 32 heavy (non-hydrogen) atoms. The second kappa shape index (κ2) is 9.77. The Morgan fingerprint density at radius 1 is 1.00 bits per heavy atom. The molecule has 0 fully saturated rings. The molecule has 1 aliphatic rings. The number of ketones is 1. The number of nitrogens with two attached hydrogens (primary N) is 1. The molecule has 0 bridgehead atoms. The molecule has 0 aliphatic carbocycles. The topological polar surface area (TPSA) is 163 Å². The van der Waals surface area contributed by atoms with E-state index in [-0.39, 0.29) is 36.1 Å². The van der Waals surface area contributed by atoms with Gasteiger partial charge in [0.05, 0.1) is 18.9 Å². The summed E-state index contributed by atoms with van der Waals surface area (Å²) in [5.41, 5.74) is 3.44. The zero-order valence-corrected chi connectivity index (χ0v) is 17.9. The molecular formula is C21H22N2O9. The number of aliphatic hydroxyl groups is 1. The number of carbonyl (C=O) groups excluding carboxylic acids is 5. The lowest BCUT2D eigenvalue weighted by molar-refractivity contribution is -0.155. The van der Waals surface area contributed by atoms with E-state index < -0.39 is 46.4 Å². The molecule has 1 heterocycles. The SMILES string of the molecule is CCOc1cc(OCC)cc(N(C(=O)C(N)=O)C(C)=C2C(=O)OC(=O)C(C(C)=O)=C2O)c1. The smallest absolute Gasteiger partial charge is 0.353 e. The van der Waals surface area contributed by atoms with Crippen LogP contribution in [0.25, 0.3) is 0 Å². The summed E-state index contributed by atoms with van der Waals surface area (Å²) >= 11 is 0. The summed E-state index contributed by atoms with van der Waals surface area (Å²) in [6, 6.07) is 4.30. The lowest BCUT2D eigenvalue weighted by Gasteiger charge is -2.26. The number of cyclic esters (lactones) is 2. The minimum absolute atomic E-state index is 0.00933. The Labute approximate surface area is 183 Å². The Bertz CT molecular complexity index is 1040. The van der Waals surface area contributed by atoms with E-state index in [0.717, 1.165) is 11.8 Å². The normalized spacial score (nSPS) is 15.1. The molecular weight excluding hydrogens is 424 g/mol. The molecule has 0 aromatic heterocycles. The molecule has 1 aromatic carbocycles. The third kappa shape index (κ3) is 4.77. The van der Waals surface area contributed by atoms with Gasteiger partial charge in [0.25, 0.3) is 0 Å². The summed E-state index contributed by atoms with van der Waals surface area (Å²) in [4.78, 5) is 61.2. The molecule has 170 valence electrons. The predicted octanol–water partition coefficient (Wildman–Crippen LogP) is 1.06. The molecule has 1 aliphatic heterocycles. The van der Waals surface area contributed by atoms with E-state index in [9.17, 15) is 29.1 Å². The van der Waals surface area contributed by atoms with Gasteiger partial charge in [-0.15, -0.1) is 0 Å². The van der Waals surface area contributed by atoms with E-state index in [4.69, 9.17) is 15.2 Å². The van der Waals surface area contributed by atoms with Crippen LogP contribution in [0.4, 0.5) is 5.69 Å². The molecule has 0 saturated heterocycles. The number of carbonyl (C=O) groups is 5. The second-order valence-corrected chi connectivity index (χ2v) is 6.45. The zero-order valence-electron chi connectivity index (χ0n) is 17.9. The average molecular weight is 446 g/mol. The zero-order chi connectivity index (χ0) is 24.2. The highest BCUT2D eigenvalue weighted by molar-refractivity contribution is 6.40. The van der Waals surface area contributed by atoms with Gasteiger partial charge >= 0.3 is 23.8 Å². The summed E-state index contributed by atoms with van der Waals surface area (Å²) in [5, 5.41) is 10.5. The number of ether oxygens (including phenoxy) is 3. The molecule has 0 saturated carbocycles. The third-order valence-corrected chi connectivity index (χ3v) is 4.28. The third-order valence-electron chi connectivity index (χ3n) is 4.28. The molecule has 3 N–H and O–H groups in total. The van der Waals surface area contributed by atoms with Crippen LogP contribution in [-0.4, -0.2) is 47.9 Å². The lowest BCUT2D eigenvalue weighted by atomic mass is 10.0. The van der Waals surface area contributed by atoms with Gasteiger partial charge in [-0.1, -0.05) is 0 Å². The fourth-order valence-corrected chi connectivity index (χ4v) is 3.01. The van der Waals surface area contributed by atoms with Gasteiger partial charge in [-0.25, -0.2) is 9.59 Å². The Morgan fingerprint density at radius 2 is 1.53 bits per heavy atom. The minimum Gasteiger partial charge on any atom is -0.506 e. The van der Waals surface area contributed by atoms with E-state index in [1.54, 1.807) is 19.9 Å². The number of nitrogens with zero attached hydrogens (tertiary/aromatic N) is 1. The van der Waals surface area contributed by atoms with Crippen molar-refractivity contribution in [2.75, 3.05) is 18.1 Å². The van der Waals surface area contributed by atoms with E-state index in [1.807, 2.05) is 0 Å². The first-order chi connectivity index (χ1) is 15.0. The van der Waals surface area contributed by atoms with Crippen LogP contribution in [0.5, 0.6) is 11.5 Å². The Morgan fingerprint density at radius 3 is 1.97 bits per heavy atom. The van der Waals surface area contributed by atoms with Gasteiger partial charge in [-0.05, 0) is 27.7 Å². The molecule has 0 atom stereocenters. The van der Waals surface area contributed by atoms with Crippen LogP contribution in [0.3, 0.4) is 0 Å². The van der Waals surface area contributed by atoms with E-state index >= 15 is 0 Å². The molecule has 2 rings (SSSR count). The highest BCUT2D eigenvalue weighted by Crippen LogP contribution is 2.34. The first-order valence-electron chi connectivity index (χ1n) is 9.49. The van der Waals surface area contributed by atoms with Gasteiger partial charge in [-0.2, -0.15) is 0 Å². The molecule has 0 unspecified atom stereocenters. The highest BCUT2D eigenvalue weighted by atomic mass is 16.6. The number of amides is 2. The fourth-order valence-electron chi connectivity index (χ4n) is 3.01. The Hall–Kier alpha value is -4.15. The van der Waals surface area contributed by atoms with E-state index in [2.05, 4.69) is 4.74 Å². The van der Waals surface area contributed by atoms with Crippen molar-refractivity contribution in [2.24, 2.45) is 5.73 Å². The summed E-state index contributed by atoms with van der Waals surface area (Å²) in [5.74, 6) is -6.59. The number of rotatable bonds is 7. The number of Topliss-reactive ketones (excluding diaryl/α,β-unsaturated/α-hetero) is 1. The number of primary amides is 1. The first kappa shape index (κ1) is 24.1. The van der Waals surface area contributed by atoms with Crippen LogP contribution in [0, 0.1) is 0 Å². The van der Waals surface area contributed by atoms with E-state index in [0.29, 0.717) is 0 Å². The van der Waals surface area contributed by atoms with Crippen molar-refractivity contribution in [3.8, 4) is 11.5 Å². The Kier molecular flexibility index (Phi) is 7.37. The van der Waals surface area contributed by atoms with Gasteiger partial charge in [-0.3, -0.25) is 19.3 Å². The van der Waals surface area contributed by atoms with Gasteiger partial charge in [0, 0.05) is 23.9 Å². The van der Waals surface area contributed by atoms with Crippen molar-refractivity contribution in [3.63, 3.8) is 0 Å². The summed E-state index contributed by atoms with van der Waals surface area (Å²) in [6.45, 7) is 6.20. The van der Waals surface area contributed by atoms with Crippen LogP contribution in [-0.2, 0) is 28.7 Å². The largest absolute Gasteiger partial charge is 0.506 e. The van der Waals surface area contributed by atoms with Crippen molar-refractivity contribution in [2.45, 2.75) is 27.7 Å². The number of allylic oxidation sites excluding steroid dienone is 1. The minimum atomic E-state index is -1.37. The number of hydrogen-bond donors (Lipinski definition) is 2. The number of benzene rings is 1. The van der Waals surface area contributed by atoms with Gasteiger partial charge in [0.1, 0.15) is 28.4 Å². The van der Waals surface area contributed by atoms with Crippen LogP contribution in [0.1, 0.15) is 27.7 Å². The van der Waals surface area contributed by atoms with Crippen LogP contribution in [0.2, 0.25) is 0 Å². The van der Waals surface area contributed by atoms with Crippen molar-refractivity contribution >= 4 is 35.2 Å². The highest BCUT2D eigenvalue weighted by Gasteiger charge is 2.38. The Balaban J connectivity index is 2.83. The quantitative estimate of drug-likeness (QED) is 0.205. The van der Waals surface area contributed by atoms with Gasteiger partial charge in [0.2, 0.25) is 0 Å². The first-order valence-corrected chi connectivity index (χ1v) is 9.49. The maximum absolute atomic E-state index is 12.7. The molecule has 2 amide bonds. The number of esters is 2. The van der Waals surface area contributed by atoms with Crippen LogP contribution < -0.4 is 20.1 Å². The fraction of sp³-hybridized carbons (Fsp3) is 0.286. The average Bonchev–Trinajstić information content (AvgIpc) is 2.67. The summed E-state index contributed by atoms with van der Waals surface area (Å²) in [7, 11) is 0. The van der Waals surface area contributed by atoms with Crippen molar-refractivity contribution < 1.29 is 43.3 Å². The monoisotopic (exact) mass is 446 g/mol. The lowest BCUT2D eigenvalue weighted by Crippen LogP contribution is -2.41. The summed E-state index contributed by atoms with van der Waals surface area (Å²) in [6.07, 6.45) is 0. The summed E-state index contributed by atoms with van der Waals surface area (Å²) < 4.78 is 15.5. The molecule has 0 spiro atoms. The van der Waals surface area contributed by atoms with Crippen LogP contribution in [0.15, 0.2) is 40.8 Å². The maximum atomic E-state index is 12.7. The molecule has 1 aromatic rings. The maximum Gasteiger partial charge on any atom is 0.353 e. The molecule has 11 heteroatoms. The van der Waals surface area contributed by atoms with Crippen molar-refractivity contribution in [3.05, 3.63) is 40.8 Å². The predicted molar refractivity (Wildman–Crippen MR) is 110 cm³/mol. The van der Waals surface area contributed by atoms with Gasteiger partial charge < -0.3 is 25.1 Å². The molecule has 11 nitrogen and oxygen atoms in total. The van der Waals surface area contributed by atoms with Crippen molar-refractivity contribution in [1.29, 1.82) is 0 Å². The number of hydrogen-bond acceptors (Lipinski definition) is 9. The second-order valence-electron chi connectivity index (χ2n) is 6.45. The van der Waals surface area contributed by atoms with Crippen molar-refractivity contribution in [1.82, 2.24) is 0 Å². The standard InChI is InChI=1S/C21H22N2O9/c1-5-30-13-7-12(8-14(9-13)31-6-2)23(19(27)18(22)26)10(3)15-17(25)16(11(4)24)21(29)32-20(15)28/h7-9,25H,5-6H2,1-4H3,(H2,22,26). The number of anilines is 1. The van der Waals surface area contributed by atoms with Gasteiger partial charge in [0.15, 0.2) is 5.78 Å². The van der Waals surface area contributed by atoms with E-state index in [1.165, 1.54) is 19.1 Å².